The maximum absolute atomic E-state index is 9.91. The summed E-state index contributed by atoms with van der Waals surface area (Å²) in [6.07, 6.45) is 0. The molecule has 4 heterocycles. The lowest BCUT2D eigenvalue weighted by atomic mass is 9.98. The third-order valence-corrected chi connectivity index (χ3v) is 12.9. The van der Waals surface area contributed by atoms with Gasteiger partial charge in [-0.3, -0.25) is 4.57 Å². The Morgan fingerprint density at radius 2 is 1.01 bits per heavy atom. The minimum absolute atomic E-state index is 0.410. The van der Waals surface area contributed by atoms with Gasteiger partial charge in [0, 0.05) is 49.1 Å². The summed E-state index contributed by atoms with van der Waals surface area (Å²) in [5.74, 6) is 1.30. The smallest absolute Gasteiger partial charge is 0.238 e. The zero-order valence-electron chi connectivity index (χ0n) is 35.7. The fourth-order valence-electron chi connectivity index (χ4n) is 10.1. The highest BCUT2D eigenvalue weighted by atomic mass is 15.2. The normalized spacial score (nSPS) is 11.6. The number of nitriles is 1. The lowest BCUT2D eigenvalue weighted by Crippen LogP contribution is -2.08. The summed E-state index contributed by atoms with van der Waals surface area (Å²) in [7, 11) is 0. The van der Waals surface area contributed by atoms with Gasteiger partial charge < -0.3 is 9.13 Å². The highest BCUT2D eigenvalue weighted by molar-refractivity contribution is 6.26. The monoisotopic (exact) mass is 854 g/mol. The molecular formula is C59H34N8. The van der Waals surface area contributed by atoms with Gasteiger partial charge in [-0.15, -0.1) is 0 Å². The summed E-state index contributed by atoms with van der Waals surface area (Å²) < 4.78 is 6.79. The standard InChI is InChI=1S/C59H34N8/c1-61-39-30-32-53(66-49-26-11-9-23-44(49)45-31-33-54-55(56(45)66)47-25-10-14-29-52(47)65(54)40-18-3-2-4-19-40)48(35-39)58-62-57(46-24-6-5-20-41(46)38-17-15-16-37(34-38)36-60)63-59(64-58)67-50-27-12-7-21-42(50)43-22-8-13-28-51(43)67/h2-35H. The van der Waals surface area contributed by atoms with Crippen molar-refractivity contribution < 1.29 is 0 Å². The van der Waals surface area contributed by atoms with Crippen LogP contribution in [0.1, 0.15) is 5.56 Å². The number of benzene rings is 9. The maximum Gasteiger partial charge on any atom is 0.238 e. The van der Waals surface area contributed by atoms with E-state index >= 15 is 0 Å². The van der Waals surface area contributed by atoms with Crippen molar-refractivity contribution in [1.29, 1.82) is 5.26 Å². The second-order valence-corrected chi connectivity index (χ2v) is 16.6. The molecule has 0 amide bonds. The molecule has 0 radical (unpaired) electrons. The molecule has 0 saturated heterocycles. The number of fused-ring (bicyclic) bond motifs is 10. The second kappa shape index (κ2) is 15.0. The molecular weight excluding hydrogens is 821 g/mol. The van der Waals surface area contributed by atoms with Gasteiger partial charge in [0.1, 0.15) is 0 Å². The van der Waals surface area contributed by atoms with E-state index in [1.165, 1.54) is 0 Å². The van der Waals surface area contributed by atoms with E-state index < -0.39 is 0 Å². The topological polar surface area (TPSA) is 81.6 Å². The molecule has 0 fully saturated rings. The first-order valence-electron chi connectivity index (χ1n) is 22.0. The van der Waals surface area contributed by atoms with E-state index in [2.05, 4.69) is 146 Å². The summed E-state index contributed by atoms with van der Waals surface area (Å²) in [5, 5.41) is 16.5. The first-order chi connectivity index (χ1) is 33.2. The van der Waals surface area contributed by atoms with Gasteiger partial charge in [0.05, 0.1) is 57.0 Å². The van der Waals surface area contributed by atoms with Crippen LogP contribution >= 0.6 is 0 Å². The van der Waals surface area contributed by atoms with Crippen LogP contribution in [-0.4, -0.2) is 28.7 Å². The van der Waals surface area contributed by atoms with Gasteiger partial charge >= 0.3 is 0 Å². The predicted molar refractivity (Wildman–Crippen MR) is 270 cm³/mol. The third-order valence-electron chi connectivity index (χ3n) is 12.9. The summed E-state index contributed by atoms with van der Waals surface area (Å²) >= 11 is 0. The third kappa shape index (κ3) is 5.81. The molecule has 4 aromatic heterocycles. The summed E-state index contributed by atoms with van der Waals surface area (Å²) in [5.41, 5.74) is 12.3. The number of hydrogen-bond donors (Lipinski definition) is 0. The lowest BCUT2D eigenvalue weighted by molar-refractivity contribution is 0.952. The van der Waals surface area contributed by atoms with E-state index in [1.807, 2.05) is 78.9 Å². The van der Waals surface area contributed by atoms with Crippen LogP contribution < -0.4 is 0 Å². The fourth-order valence-corrected chi connectivity index (χ4v) is 10.1. The molecule has 0 aliphatic heterocycles. The zero-order chi connectivity index (χ0) is 44.6. The van der Waals surface area contributed by atoms with Crippen molar-refractivity contribution >= 4 is 71.1 Å². The van der Waals surface area contributed by atoms with E-state index in [4.69, 9.17) is 21.5 Å². The molecule has 0 atom stereocenters. The summed E-state index contributed by atoms with van der Waals surface area (Å²) in [4.78, 5) is 20.2. The molecule has 0 saturated carbocycles. The van der Waals surface area contributed by atoms with E-state index in [-0.39, 0.29) is 0 Å². The van der Waals surface area contributed by atoms with E-state index in [0.29, 0.717) is 34.4 Å². The number of nitrogens with zero attached hydrogens (tertiary/aromatic N) is 8. The molecule has 8 heteroatoms. The Hall–Kier alpha value is -9.63. The molecule has 0 aliphatic carbocycles. The van der Waals surface area contributed by atoms with Crippen molar-refractivity contribution in [1.82, 2.24) is 28.7 Å². The Morgan fingerprint density at radius 1 is 0.433 bits per heavy atom. The number of aromatic nitrogens is 6. The second-order valence-electron chi connectivity index (χ2n) is 16.6. The number of para-hydroxylation sites is 5. The van der Waals surface area contributed by atoms with Gasteiger partial charge in [-0.1, -0.05) is 140 Å². The molecule has 13 rings (SSSR count). The summed E-state index contributed by atoms with van der Waals surface area (Å²) in [6, 6.07) is 72.5. The van der Waals surface area contributed by atoms with Gasteiger partial charge in [-0.05, 0) is 77.9 Å². The molecule has 8 nitrogen and oxygen atoms in total. The molecule has 9 aromatic carbocycles. The fraction of sp³-hybridized carbons (Fsp3) is 0. The number of rotatable bonds is 6. The average molecular weight is 855 g/mol. The number of hydrogen-bond acceptors (Lipinski definition) is 4. The van der Waals surface area contributed by atoms with Crippen LogP contribution in [0.5, 0.6) is 0 Å². The van der Waals surface area contributed by atoms with E-state index in [1.54, 1.807) is 6.07 Å². The zero-order valence-corrected chi connectivity index (χ0v) is 35.7. The Balaban J connectivity index is 1.16. The Kier molecular flexibility index (Phi) is 8.48. The quantitative estimate of drug-likeness (QED) is 0.156. The predicted octanol–water partition coefficient (Wildman–Crippen LogP) is 14.6. The largest absolute Gasteiger partial charge is 0.309 e. The van der Waals surface area contributed by atoms with E-state index in [9.17, 15) is 5.26 Å². The SMILES string of the molecule is [C-]#[N+]c1ccc(-n2c3ccccc3c3ccc4c(c5ccccc5n4-c4ccccc4)c32)c(-c2nc(-c3ccccc3-c3cccc(C#N)c3)nc(-n3c4ccccc4c4ccccc43)n2)c1. The molecule has 13 aromatic rings. The van der Waals surface area contributed by atoms with Crippen molar-refractivity contribution in [3.63, 3.8) is 0 Å². The van der Waals surface area contributed by atoms with Gasteiger partial charge in [-0.25, -0.2) is 9.83 Å². The first kappa shape index (κ1) is 37.9. The Morgan fingerprint density at radius 3 is 1.70 bits per heavy atom. The van der Waals surface area contributed by atoms with Crippen LogP contribution in [0.2, 0.25) is 0 Å². The van der Waals surface area contributed by atoms with Crippen molar-refractivity contribution in [3.8, 4) is 57.3 Å². The van der Waals surface area contributed by atoms with Crippen LogP contribution in [0.15, 0.2) is 206 Å². The van der Waals surface area contributed by atoms with Gasteiger partial charge in [-0.2, -0.15) is 15.2 Å². The molecule has 0 unspecified atom stereocenters. The Labute approximate surface area is 384 Å². The van der Waals surface area contributed by atoms with Gasteiger partial charge in [0.25, 0.3) is 0 Å². The molecule has 310 valence electrons. The molecule has 67 heavy (non-hydrogen) atoms. The minimum atomic E-state index is 0.410. The lowest BCUT2D eigenvalue weighted by Gasteiger charge is -2.17. The molecule has 0 spiro atoms. The minimum Gasteiger partial charge on any atom is -0.309 e. The van der Waals surface area contributed by atoms with Crippen molar-refractivity contribution in [2.45, 2.75) is 0 Å². The molecule has 0 aliphatic rings. The molecule has 0 N–H and O–H groups in total. The van der Waals surface area contributed by atoms with Gasteiger partial charge in [0.2, 0.25) is 5.95 Å². The molecule has 0 bridgehead atoms. The average Bonchev–Trinajstić information content (AvgIpc) is 4.04. The van der Waals surface area contributed by atoms with Crippen molar-refractivity contribution in [2.75, 3.05) is 0 Å². The van der Waals surface area contributed by atoms with Crippen LogP contribution in [-0.2, 0) is 0 Å². The highest BCUT2D eigenvalue weighted by Crippen LogP contribution is 2.44. The van der Waals surface area contributed by atoms with Crippen LogP contribution in [0.3, 0.4) is 0 Å². The highest BCUT2D eigenvalue weighted by Gasteiger charge is 2.25. The first-order valence-corrected chi connectivity index (χ1v) is 22.0. The maximum atomic E-state index is 9.91. The summed E-state index contributed by atoms with van der Waals surface area (Å²) in [6.45, 7) is 8.30. The van der Waals surface area contributed by atoms with Crippen LogP contribution in [0, 0.1) is 17.9 Å². The van der Waals surface area contributed by atoms with Crippen molar-refractivity contribution in [2.24, 2.45) is 0 Å². The van der Waals surface area contributed by atoms with E-state index in [0.717, 1.165) is 93.5 Å². The van der Waals surface area contributed by atoms with Crippen LogP contribution in [0.4, 0.5) is 5.69 Å². The Bertz CT molecular complexity index is 4200. The van der Waals surface area contributed by atoms with Crippen molar-refractivity contribution in [3.05, 3.63) is 223 Å². The van der Waals surface area contributed by atoms with Crippen LogP contribution in [0.25, 0.3) is 121 Å². The van der Waals surface area contributed by atoms with Gasteiger partial charge in [0.15, 0.2) is 17.3 Å².